The third-order valence-electron chi connectivity index (χ3n) is 4.79. The van der Waals surface area contributed by atoms with Crippen molar-refractivity contribution in [3.05, 3.63) is 71.7 Å². The molecule has 2 heterocycles. The van der Waals surface area contributed by atoms with Crippen LogP contribution in [0.1, 0.15) is 36.2 Å². The van der Waals surface area contributed by atoms with Crippen LogP contribution in [0.4, 0.5) is 5.82 Å². The van der Waals surface area contributed by atoms with E-state index in [-0.39, 0.29) is 0 Å². The summed E-state index contributed by atoms with van der Waals surface area (Å²) >= 11 is 0. The first-order valence-electron chi connectivity index (χ1n) is 8.52. The molecule has 4 heteroatoms. The van der Waals surface area contributed by atoms with E-state index in [4.69, 9.17) is 5.10 Å². The molecule has 4 rings (SSSR count). The highest BCUT2D eigenvalue weighted by molar-refractivity contribution is 5.48. The molecule has 1 aliphatic rings. The fraction of sp³-hybridized carbons (Fsp3) is 0.300. The van der Waals surface area contributed by atoms with Gasteiger partial charge in [-0.3, -0.25) is 4.98 Å². The molecule has 1 saturated carbocycles. The molecule has 1 aliphatic carbocycles. The zero-order chi connectivity index (χ0) is 16.5. The summed E-state index contributed by atoms with van der Waals surface area (Å²) in [6.45, 7) is 5.08. The number of benzene rings is 1. The molecule has 1 aromatic carbocycles. The molecule has 1 N–H and O–H groups in total. The Hall–Kier alpha value is -2.62. The lowest BCUT2D eigenvalue weighted by Crippen LogP contribution is -2.07. The largest absolute Gasteiger partial charge is 0.366 e. The lowest BCUT2D eigenvalue weighted by molar-refractivity contribution is 0.810. The van der Waals surface area contributed by atoms with Gasteiger partial charge in [-0.2, -0.15) is 5.10 Å². The Bertz CT molecular complexity index is 838. The van der Waals surface area contributed by atoms with Crippen molar-refractivity contribution in [2.45, 2.75) is 32.7 Å². The van der Waals surface area contributed by atoms with Gasteiger partial charge in [0, 0.05) is 30.4 Å². The molecule has 2 aromatic heterocycles. The van der Waals surface area contributed by atoms with Gasteiger partial charge in [0.25, 0.3) is 0 Å². The van der Waals surface area contributed by atoms with Gasteiger partial charge in [0.15, 0.2) is 0 Å². The van der Waals surface area contributed by atoms with E-state index in [2.05, 4.69) is 41.5 Å². The minimum Gasteiger partial charge on any atom is -0.366 e. The van der Waals surface area contributed by atoms with E-state index in [0.717, 1.165) is 29.7 Å². The average molecular weight is 318 g/mol. The third kappa shape index (κ3) is 2.92. The van der Waals surface area contributed by atoms with Crippen molar-refractivity contribution >= 4 is 5.82 Å². The van der Waals surface area contributed by atoms with Gasteiger partial charge in [-0.1, -0.05) is 31.2 Å². The normalized spacial score (nSPS) is 19.2. The maximum absolute atomic E-state index is 4.87. The van der Waals surface area contributed by atoms with E-state index in [1.165, 1.54) is 17.7 Å². The molecule has 1 fully saturated rings. The molecule has 0 bridgehead atoms. The van der Waals surface area contributed by atoms with Crippen molar-refractivity contribution in [3.8, 4) is 5.69 Å². The summed E-state index contributed by atoms with van der Waals surface area (Å²) in [4.78, 5) is 4.36. The van der Waals surface area contributed by atoms with Crippen LogP contribution in [0.5, 0.6) is 0 Å². The van der Waals surface area contributed by atoms with Crippen molar-refractivity contribution in [1.82, 2.24) is 14.8 Å². The number of anilines is 1. The van der Waals surface area contributed by atoms with E-state index in [1.54, 1.807) is 0 Å². The zero-order valence-corrected chi connectivity index (χ0v) is 14.1. The fourth-order valence-corrected chi connectivity index (χ4v) is 3.10. The summed E-state index contributed by atoms with van der Waals surface area (Å²) in [6.07, 6.45) is 3.08. The Morgan fingerprint density at radius 1 is 1.17 bits per heavy atom. The molecular weight excluding hydrogens is 296 g/mol. The standard InChI is InChI=1S/C20H22N4/c1-14-11-18(14)19-12-20(22-13-16-7-6-10-21-15(16)2)24(23-19)17-8-4-3-5-9-17/h3-10,12,14,18,22H,11,13H2,1-2H3. The summed E-state index contributed by atoms with van der Waals surface area (Å²) in [7, 11) is 0. The number of aromatic nitrogens is 3. The predicted molar refractivity (Wildman–Crippen MR) is 96.4 cm³/mol. The Labute approximate surface area is 142 Å². The average Bonchev–Trinajstić information content (AvgIpc) is 3.19. The van der Waals surface area contributed by atoms with Crippen LogP contribution in [-0.2, 0) is 6.54 Å². The number of pyridine rings is 1. The van der Waals surface area contributed by atoms with Gasteiger partial charge in [0.1, 0.15) is 5.82 Å². The van der Waals surface area contributed by atoms with Gasteiger partial charge in [0.05, 0.1) is 11.4 Å². The van der Waals surface area contributed by atoms with Crippen molar-refractivity contribution in [3.63, 3.8) is 0 Å². The van der Waals surface area contributed by atoms with E-state index in [9.17, 15) is 0 Å². The van der Waals surface area contributed by atoms with Gasteiger partial charge in [0.2, 0.25) is 0 Å². The second kappa shape index (κ2) is 6.11. The van der Waals surface area contributed by atoms with Crippen molar-refractivity contribution in [2.24, 2.45) is 5.92 Å². The number of nitrogens with one attached hydrogen (secondary N) is 1. The van der Waals surface area contributed by atoms with Crippen molar-refractivity contribution < 1.29 is 0 Å². The first kappa shape index (κ1) is 14.9. The highest BCUT2D eigenvalue weighted by Crippen LogP contribution is 2.47. The molecule has 24 heavy (non-hydrogen) atoms. The maximum atomic E-state index is 4.87. The van der Waals surface area contributed by atoms with Crippen LogP contribution in [0.3, 0.4) is 0 Å². The van der Waals surface area contributed by atoms with Crippen LogP contribution < -0.4 is 5.32 Å². The lowest BCUT2D eigenvalue weighted by Gasteiger charge is -2.10. The maximum Gasteiger partial charge on any atom is 0.130 e. The van der Waals surface area contributed by atoms with E-state index >= 15 is 0 Å². The second-order valence-electron chi connectivity index (χ2n) is 6.62. The molecule has 122 valence electrons. The third-order valence-corrected chi connectivity index (χ3v) is 4.79. The first-order valence-corrected chi connectivity index (χ1v) is 8.52. The number of hydrogen-bond acceptors (Lipinski definition) is 3. The minimum atomic E-state index is 0.607. The van der Waals surface area contributed by atoms with Gasteiger partial charge >= 0.3 is 0 Å². The molecular formula is C20H22N4. The van der Waals surface area contributed by atoms with Gasteiger partial charge in [-0.25, -0.2) is 4.68 Å². The Balaban J connectivity index is 1.63. The second-order valence-corrected chi connectivity index (χ2v) is 6.62. The smallest absolute Gasteiger partial charge is 0.130 e. The van der Waals surface area contributed by atoms with Gasteiger partial charge in [-0.15, -0.1) is 0 Å². The monoisotopic (exact) mass is 318 g/mol. The highest BCUT2D eigenvalue weighted by atomic mass is 15.3. The van der Waals surface area contributed by atoms with Crippen LogP contribution >= 0.6 is 0 Å². The minimum absolute atomic E-state index is 0.607. The van der Waals surface area contributed by atoms with Crippen molar-refractivity contribution in [2.75, 3.05) is 5.32 Å². The van der Waals surface area contributed by atoms with Crippen LogP contribution in [-0.4, -0.2) is 14.8 Å². The summed E-state index contributed by atoms with van der Waals surface area (Å²) in [5.74, 6) is 2.40. The topological polar surface area (TPSA) is 42.7 Å². The molecule has 0 amide bonds. The quantitative estimate of drug-likeness (QED) is 0.762. The van der Waals surface area contributed by atoms with Gasteiger partial charge in [-0.05, 0) is 43.0 Å². The highest BCUT2D eigenvalue weighted by Gasteiger charge is 2.36. The number of rotatable bonds is 5. The molecule has 0 saturated heterocycles. The summed E-state index contributed by atoms with van der Waals surface area (Å²) in [5.41, 5.74) is 4.55. The molecule has 0 radical (unpaired) electrons. The molecule has 0 spiro atoms. The van der Waals surface area contributed by atoms with Crippen LogP contribution in [0.25, 0.3) is 5.69 Å². The number of para-hydroxylation sites is 1. The van der Waals surface area contributed by atoms with E-state index in [1.807, 2.05) is 42.1 Å². The van der Waals surface area contributed by atoms with Crippen LogP contribution in [0, 0.1) is 12.8 Å². The molecule has 2 unspecified atom stereocenters. The Morgan fingerprint density at radius 3 is 2.67 bits per heavy atom. The Morgan fingerprint density at radius 2 is 1.96 bits per heavy atom. The molecule has 2 atom stereocenters. The van der Waals surface area contributed by atoms with Crippen molar-refractivity contribution in [1.29, 1.82) is 0 Å². The lowest BCUT2D eigenvalue weighted by atomic mass is 10.2. The number of hydrogen-bond donors (Lipinski definition) is 1. The van der Waals surface area contributed by atoms with E-state index in [0.29, 0.717) is 5.92 Å². The predicted octanol–water partition coefficient (Wildman–Crippen LogP) is 4.31. The zero-order valence-electron chi connectivity index (χ0n) is 14.1. The summed E-state index contributed by atoms with van der Waals surface area (Å²) < 4.78 is 2.02. The van der Waals surface area contributed by atoms with Crippen LogP contribution in [0.2, 0.25) is 0 Å². The van der Waals surface area contributed by atoms with Crippen LogP contribution in [0.15, 0.2) is 54.7 Å². The molecule has 3 aromatic rings. The number of aryl methyl sites for hydroxylation is 1. The van der Waals surface area contributed by atoms with Gasteiger partial charge < -0.3 is 5.32 Å². The molecule has 4 nitrogen and oxygen atoms in total. The Kier molecular flexibility index (Phi) is 3.81. The number of nitrogens with zero attached hydrogens (tertiary/aromatic N) is 3. The first-order chi connectivity index (χ1) is 11.7. The summed E-state index contributed by atoms with van der Waals surface area (Å²) in [6, 6.07) is 16.6. The molecule has 0 aliphatic heterocycles. The SMILES string of the molecule is Cc1ncccc1CNc1cc(C2CC2C)nn1-c1ccccc1. The fourth-order valence-electron chi connectivity index (χ4n) is 3.10. The van der Waals surface area contributed by atoms with E-state index < -0.39 is 0 Å². The summed E-state index contributed by atoms with van der Waals surface area (Å²) in [5, 5.41) is 8.41.